The van der Waals surface area contributed by atoms with Gasteiger partial charge in [0.1, 0.15) is 0 Å². The number of rotatable bonds is 3. The molecule has 0 unspecified atom stereocenters. The van der Waals surface area contributed by atoms with Gasteiger partial charge in [0.05, 0.1) is 21.2 Å². The normalized spacial score (nSPS) is 15.6. The minimum Gasteiger partial charge on any atom is -0.404 e. The van der Waals surface area contributed by atoms with Crippen molar-refractivity contribution in [3.8, 4) is 0 Å². The van der Waals surface area contributed by atoms with Gasteiger partial charge in [-0.2, -0.15) is 0 Å². The molecule has 1 aliphatic rings. The van der Waals surface area contributed by atoms with Crippen molar-refractivity contribution in [1.82, 2.24) is 9.97 Å². The fourth-order valence-electron chi connectivity index (χ4n) is 1.66. The van der Waals surface area contributed by atoms with Crippen LogP contribution in [0.3, 0.4) is 0 Å². The molecule has 6 heteroatoms. The van der Waals surface area contributed by atoms with Gasteiger partial charge in [0.2, 0.25) is 5.91 Å². The van der Waals surface area contributed by atoms with Crippen LogP contribution in [0.25, 0.3) is 3.58 Å². The fraction of sp³-hybridized carbons (Fsp3) is 0.417. The zero-order valence-corrected chi connectivity index (χ0v) is 12.5. The van der Waals surface area contributed by atoms with E-state index in [2.05, 4.69) is 32.6 Å². The predicted molar refractivity (Wildman–Crippen MR) is 79.1 cm³/mol. The van der Waals surface area contributed by atoms with E-state index < -0.39 is 0 Å². The molecule has 1 saturated carbocycles. The third-order valence-electron chi connectivity index (χ3n) is 2.91. The van der Waals surface area contributed by atoms with Gasteiger partial charge < -0.3 is 5.73 Å². The van der Waals surface area contributed by atoms with Crippen LogP contribution in [0.15, 0.2) is 12.4 Å². The summed E-state index contributed by atoms with van der Waals surface area (Å²) in [5.74, 6) is 0.899. The number of hydrogen-bond donors (Lipinski definition) is 1. The Kier molecular flexibility index (Phi) is 3.84. The summed E-state index contributed by atoms with van der Waals surface area (Å²) in [6, 6.07) is 0. The second-order valence-corrected chi connectivity index (χ2v) is 5.51. The summed E-state index contributed by atoms with van der Waals surface area (Å²) in [5, 5.41) is 0. The molecule has 0 atom stereocenters. The summed E-state index contributed by atoms with van der Waals surface area (Å²) in [5.41, 5.74) is 7.00. The van der Waals surface area contributed by atoms with E-state index in [4.69, 9.17) is 5.73 Å². The molecule has 0 spiro atoms. The maximum atomic E-state index is 11.9. The lowest BCUT2D eigenvalue weighted by Gasteiger charge is -2.16. The molecule has 1 heterocycles. The van der Waals surface area contributed by atoms with Crippen molar-refractivity contribution in [1.29, 1.82) is 0 Å². The lowest BCUT2D eigenvalue weighted by atomic mass is 10.3. The Morgan fingerprint density at radius 3 is 2.78 bits per heavy atom. The highest BCUT2D eigenvalue weighted by Gasteiger charge is 2.33. The number of amides is 1. The van der Waals surface area contributed by atoms with E-state index in [0.717, 1.165) is 27.8 Å². The van der Waals surface area contributed by atoms with Crippen LogP contribution < -0.4 is 10.6 Å². The number of carbonyl (C=O) groups is 1. The molecule has 1 fully saturated rings. The Morgan fingerprint density at radius 1 is 1.61 bits per heavy atom. The fourth-order valence-corrected chi connectivity index (χ4v) is 2.19. The molecule has 96 valence electrons. The number of aromatic nitrogens is 2. The number of nitrogens with two attached hydrogens (primary N) is 1. The minimum absolute atomic E-state index is 0.125. The average molecular weight is 358 g/mol. The lowest BCUT2D eigenvalue weighted by Crippen LogP contribution is -2.28. The average Bonchev–Trinajstić information content (AvgIpc) is 3.20. The van der Waals surface area contributed by atoms with Gasteiger partial charge in [-0.05, 0) is 42.4 Å². The molecule has 5 nitrogen and oxygen atoms in total. The molecular weight excluding hydrogens is 343 g/mol. The van der Waals surface area contributed by atoms with Crippen LogP contribution in [0.2, 0.25) is 0 Å². The Balaban J connectivity index is 2.25. The molecule has 0 saturated heterocycles. The summed E-state index contributed by atoms with van der Waals surface area (Å²) in [4.78, 5) is 22.2. The van der Waals surface area contributed by atoms with Gasteiger partial charge in [-0.25, -0.2) is 9.97 Å². The van der Waals surface area contributed by atoms with E-state index in [1.807, 2.05) is 6.92 Å². The van der Waals surface area contributed by atoms with E-state index in [-0.39, 0.29) is 11.8 Å². The number of hydrogen-bond acceptors (Lipinski definition) is 4. The van der Waals surface area contributed by atoms with E-state index in [1.54, 1.807) is 18.1 Å². The number of carbonyl (C=O) groups excluding carboxylic acids is 1. The summed E-state index contributed by atoms with van der Waals surface area (Å²) in [6.07, 6.45) is 5.09. The largest absolute Gasteiger partial charge is 0.404 e. The molecule has 2 N–H and O–H groups in total. The van der Waals surface area contributed by atoms with E-state index in [1.165, 1.54) is 6.20 Å². The number of anilines is 1. The van der Waals surface area contributed by atoms with Crippen LogP contribution in [-0.2, 0) is 4.79 Å². The Hall–Kier alpha value is -1.18. The summed E-state index contributed by atoms with van der Waals surface area (Å²) in [6.45, 7) is 1.86. The van der Waals surface area contributed by atoms with Crippen LogP contribution in [0.1, 0.15) is 24.2 Å². The van der Waals surface area contributed by atoms with Crippen molar-refractivity contribution in [2.24, 2.45) is 11.7 Å². The third kappa shape index (κ3) is 2.63. The minimum atomic E-state index is 0.125. The topological polar surface area (TPSA) is 72.1 Å². The van der Waals surface area contributed by atoms with Gasteiger partial charge in [0.25, 0.3) is 0 Å². The first-order chi connectivity index (χ1) is 8.54. The van der Waals surface area contributed by atoms with Crippen molar-refractivity contribution in [3.63, 3.8) is 0 Å². The van der Waals surface area contributed by atoms with Gasteiger partial charge in [-0.1, -0.05) is 0 Å². The molecule has 0 aromatic carbocycles. The van der Waals surface area contributed by atoms with Crippen molar-refractivity contribution < 1.29 is 4.79 Å². The smallest absolute Gasteiger partial charge is 0.231 e. The van der Waals surface area contributed by atoms with Crippen LogP contribution >= 0.6 is 22.6 Å². The summed E-state index contributed by atoms with van der Waals surface area (Å²) >= 11 is 2.11. The highest BCUT2D eigenvalue weighted by atomic mass is 127. The highest BCUT2D eigenvalue weighted by Crippen LogP contribution is 2.32. The quantitative estimate of drug-likeness (QED) is 0.838. The molecule has 1 aromatic heterocycles. The Bertz CT molecular complexity index is 511. The molecule has 2 rings (SSSR count). The molecule has 0 radical (unpaired) electrons. The van der Waals surface area contributed by atoms with E-state index in [0.29, 0.717) is 5.82 Å². The van der Waals surface area contributed by atoms with Gasteiger partial charge in [-0.3, -0.25) is 9.69 Å². The first kappa shape index (κ1) is 13.3. The van der Waals surface area contributed by atoms with Crippen molar-refractivity contribution in [2.45, 2.75) is 19.8 Å². The summed E-state index contributed by atoms with van der Waals surface area (Å²) in [7, 11) is 1.74. The molecular formula is C12H15IN4O. The standard InChI is InChI=1S/C12H15IN4O/c1-7-11(9(13)5-14)15-6-10(16-7)17(2)12(18)8-3-4-8/h5-6,8H,3-4,14H2,1-2H3. The number of nitrogens with zero attached hydrogens (tertiary/aromatic N) is 3. The second-order valence-electron chi connectivity index (χ2n) is 4.35. The Morgan fingerprint density at radius 2 is 2.28 bits per heavy atom. The van der Waals surface area contributed by atoms with Crippen molar-refractivity contribution in [3.05, 3.63) is 23.8 Å². The van der Waals surface area contributed by atoms with Crippen LogP contribution in [0, 0.1) is 12.8 Å². The molecule has 0 bridgehead atoms. The van der Waals surface area contributed by atoms with E-state index >= 15 is 0 Å². The van der Waals surface area contributed by atoms with Crippen LogP contribution in [0.5, 0.6) is 0 Å². The molecule has 1 aliphatic carbocycles. The number of aryl methyl sites for hydroxylation is 1. The molecule has 18 heavy (non-hydrogen) atoms. The zero-order chi connectivity index (χ0) is 13.3. The predicted octanol–water partition coefficient (Wildman–Crippen LogP) is 1.85. The van der Waals surface area contributed by atoms with Gasteiger partial charge in [-0.15, -0.1) is 0 Å². The molecule has 1 aromatic rings. The third-order valence-corrected chi connectivity index (χ3v) is 3.78. The van der Waals surface area contributed by atoms with Gasteiger partial charge >= 0.3 is 0 Å². The first-order valence-electron chi connectivity index (χ1n) is 5.73. The SMILES string of the molecule is Cc1nc(N(C)C(=O)C2CC2)cnc1C(I)=CN. The number of halogens is 1. The summed E-state index contributed by atoms with van der Waals surface area (Å²) < 4.78 is 0.848. The van der Waals surface area contributed by atoms with Crippen LogP contribution in [0.4, 0.5) is 5.82 Å². The van der Waals surface area contributed by atoms with Crippen LogP contribution in [-0.4, -0.2) is 22.9 Å². The zero-order valence-electron chi connectivity index (χ0n) is 10.4. The van der Waals surface area contributed by atoms with Gasteiger partial charge in [0.15, 0.2) is 5.82 Å². The Labute approximate surface area is 120 Å². The van der Waals surface area contributed by atoms with Crippen molar-refractivity contribution in [2.75, 3.05) is 11.9 Å². The first-order valence-corrected chi connectivity index (χ1v) is 6.81. The van der Waals surface area contributed by atoms with Gasteiger partial charge in [0, 0.05) is 19.2 Å². The highest BCUT2D eigenvalue weighted by molar-refractivity contribution is 14.1. The van der Waals surface area contributed by atoms with Crippen molar-refractivity contribution >= 4 is 37.9 Å². The second kappa shape index (κ2) is 5.21. The molecule has 1 amide bonds. The maximum Gasteiger partial charge on any atom is 0.231 e. The monoisotopic (exact) mass is 358 g/mol. The maximum absolute atomic E-state index is 11.9. The lowest BCUT2D eigenvalue weighted by molar-refractivity contribution is -0.119. The van der Waals surface area contributed by atoms with E-state index in [9.17, 15) is 4.79 Å². The molecule has 0 aliphatic heterocycles.